The number of non-ortho nitro benzene ring substituents is 1. The minimum atomic E-state index is -0.453. The van der Waals surface area contributed by atoms with E-state index < -0.39 is 4.92 Å². The number of amides is 1. The summed E-state index contributed by atoms with van der Waals surface area (Å²) < 4.78 is 11.1. The Hall–Kier alpha value is -3.09. The van der Waals surface area contributed by atoms with Crippen LogP contribution >= 0.6 is 0 Å². The first-order chi connectivity index (χ1) is 12.5. The van der Waals surface area contributed by atoms with E-state index in [-0.39, 0.29) is 11.6 Å². The topological polar surface area (TPSA) is 81.9 Å². The molecule has 1 amide bonds. The SMILES string of the molecule is CCOc1ccc(C(=O)N2CCc3ccc([N+](=O)[O-])cc32)cc1OCC. The lowest BCUT2D eigenvalue weighted by Gasteiger charge is -2.18. The van der Waals surface area contributed by atoms with Crippen molar-refractivity contribution >= 4 is 17.3 Å². The van der Waals surface area contributed by atoms with Crippen molar-refractivity contribution in [2.75, 3.05) is 24.7 Å². The largest absolute Gasteiger partial charge is 0.490 e. The zero-order valence-corrected chi connectivity index (χ0v) is 14.7. The highest BCUT2D eigenvalue weighted by molar-refractivity contribution is 6.07. The molecule has 0 aliphatic carbocycles. The fourth-order valence-electron chi connectivity index (χ4n) is 3.03. The van der Waals surface area contributed by atoms with Crippen molar-refractivity contribution in [2.24, 2.45) is 0 Å². The number of nitrogens with zero attached hydrogens (tertiary/aromatic N) is 2. The van der Waals surface area contributed by atoms with Gasteiger partial charge < -0.3 is 14.4 Å². The highest BCUT2D eigenvalue weighted by atomic mass is 16.6. The van der Waals surface area contributed by atoms with Crippen molar-refractivity contribution in [1.29, 1.82) is 0 Å². The third-order valence-electron chi connectivity index (χ3n) is 4.21. The standard InChI is InChI=1S/C19H20N2O5/c1-3-25-17-8-6-14(11-18(17)26-4-2)19(22)20-10-9-13-5-7-15(21(23)24)12-16(13)20/h5-8,11-12H,3-4,9-10H2,1-2H3. The molecule has 1 aliphatic rings. The molecule has 0 atom stereocenters. The Labute approximate surface area is 151 Å². The van der Waals surface area contributed by atoms with E-state index in [1.165, 1.54) is 12.1 Å². The van der Waals surface area contributed by atoms with Gasteiger partial charge in [-0.2, -0.15) is 0 Å². The van der Waals surface area contributed by atoms with Crippen LogP contribution in [0.25, 0.3) is 0 Å². The van der Waals surface area contributed by atoms with Crippen LogP contribution in [0.15, 0.2) is 36.4 Å². The van der Waals surface area contributed by atoms with Crippen molar-refractivity contribution in [2.45, 2.75) is 20.3 Å². The molecule has 136 valence electrons. The van der Waals surface area contributed by atoms with Gasteiger partial charge in [-0.1, -0.05) is 6.07 Å². The second-order valence-electron chi connectivity index (χ2n) is 5.80. The molecule has 1 aliphatic heterocycles. The lowest BCUT2D eigenvalue weighted by molar-refractivity contribution is -0.384. The van der Waals surface area contributed by atoms with Crippen molar-refractivity contribution in [1.82, 2.24) is 0 Å². The smallest absolute Gasteiger partial charge is 0.271 e. The van der Waals surface area contributed by atoms with E-state index >= 15 is 0 Å². The summed E-state index contributed by atoms with van der Waals surface area (Å²) in [6.45, 7) is 5.18. The summed E-state index contributed by atoms with van der Waals surface area (Å²) in [7, 11) is 0. The van der Waals surface area contributed by atoms with E-state index in [0.29, 0.717) is 48.9 Å². The van der Waals surface area contributed by atoms with E-state index in [2.05, 4.69) is 0 Å². The minimum Gasteiger partial charge on any atom is -0.490 e. The summed E-state index contributed by atoms with van der Waals surface area (Å²) in [5, 5.41) is 11.0. The second kappa shape index (κ2) is 7.43. The number of carbonyl (C=O) groups excluding carboxylic acids is 1. The molecule has 7 heteroatoms. The first-order valence-electron chi connectivity index (χ1n) is 8.54. The number of ether oxygens (including phenoxy) is 2. The molecule has 0 aromatic heterocycles. The van der Waals surface area contributed by atoms with Crippen LogP contribution in [0.4, 0.5) is 11.4 Å². The highest BCUT2D eigenvalue weighted by Crippen LogP contribution is 2.34. The average Bonchev–Trinajstić information content (AvgIpc) is 3.06. The zero-order valence-electron chi connectivity index (χ0n) is 14.7. The molecule has 0 saturated heterocycles. The first-order valence-corrected chi connectivity index (χ1v) is 8.54. The van der Waals surface area contributed by atoms with Gasteiger partial charge >= 0.3 is 0 Å². The Morgan fingerprint density at radius 1 is 1.12 bits per heavy atom. The zero-order chi connectivity index (χ0) is 18.7. The van der Waals surface area contributed by atoms with E-state index in [1.54, 1.807) is 29.2 Å². The van der Waals surface area contributed by atoms with Crippen LogP contribution in [0.5, 0.6) is 11.5 Å². The van der Waals surface area contributed by atoms with Gasteiger partial charge in [-0.3, -0.25) is 14.9 Å². The number of fused-ring (bicyclic) bond motifs is 1. The van der Waals surface area contributed by atoms with E-state index in [4.69, 9.17) is 9.47 Å². The molecule has 0 fully saturated rings. The van der Waals surface area contributed by atoms with Crippen LogP contribution in [-0.2, 0) is 6.42 Å². The maximum atomic E-state index is 13.0. The Morgan fingerprint density at radius 3 is 2.54 bits per heavy atom. The van der Waals surface area contributed by atoms with E-state index in [0.717, 1.165) is 5.56 Å². The monoisotopic (exact) mass is 356 g/mol. The number of hydrogen-bond acceptors (Lipinski definition) is 5. The summed E-state index contributed by atoms with van der Waals surface area (Å²) in [5.74, 6) is 0.885. The average molecular weight is 356 g/mol. The van der Waals surface area contributed by atoms with Crippen LogP contribution < -0.4 is 14.4 Å². The molecule has 0 bridgehead atoms. The van der Waals surface area contributed by atoms with E-state index in [1.807, 2.05) is 13.8 Å². The molecule has 26 heavy (non-hydrogen) atoms. The van der Waals surface area contributed by atoms with Crippen molar-refractivity contribution < 1.29 is 19.2 Å². The fourth-order valence-corrected chi connectivity index (χ4v) is 3.03. The van der Waals surface area contributed by atoms with Crippen LogP contribution in [0.2, 0.25) is 0 Å². The van der Waals surface area contributed by atoms with Gasteiger partial charge in [0.2, 0.25) is 0 Å². The minimum absolute atomic E-state index is 0.0230. The summed E-state index contributed by atoms with van der Waals surface area (Å²) >= 11 is 0. The molecule has 1 heterocycles. The number of nitro benzene ring substituents is 1. The third kappa shape index (κ3) is 3.33. The highest BCUT2D eigenvalue weighted by Gasteiger charge is 2.28. The van der Waals surface area contributed by atoms with Crippen molar-refractivity contribution in [3.05, 3.63) is 57.6 Å². The third-order valence-corrected chi connectivity index (χ3v) is 4.21. The predicted octanol–water partition coefficient (Wildman–Crippen LogP) is 3.60. The van der Waals surface area contributed by atoms with Crippen molar-refractivity contribution in [3.8, 4) is 11.5 Å². The Balaban J connectivity index is 1.93. The van der Waals surface area contributed by atoms with Crippen LogP contribution in [0, 0.1) is 10.1 Å². The number of nitro groups is 1. The number of carbonyl (C=O) groups is 1. The summed E-state index contributed by atoms with van der Waals surface area (Å²) in [6.07, 6.45) is 0.675. The Bertz CT molecular complexity index is 850. The number of benzene rings is 2. The summed E-state index contributed by atoms with van der Waals surface area (Å²) in [4.78, 5) is 25.1. The molecular weight excluding hydrogens is 336 g/mol. The van der Waals surface area contributed by atoms with Gasteiger partial charge in [-0.15, -0.1) is 0 Å². The van der Waals surface area contributed by atoms with Crippen LogP contribution in [0.1, 0.15) is 29.8 Å². The normalized spacial score (nSPS) is 12.6. The van der Waals surface area contributed by atoms with Crippen LogP contribution in [0.3, 0.4) is 0 Å². The number of hydrogen-bond donors (Lipinski definition) is 0. The first kappa shape index (κ1) is 17.7. The van der Waals surface area contributed by atoms with Gasteiger partial charge in [0.15, 0.2) is 11.5 Å². The predicted molar refractivity (Wildman–Crippen MR) is 97.3 cm³/mol. The van der Waals surface area contributed by atoms with Gasteiger partial charge in [0.25, 0.3) is 11.6 Å². The molecule has 0 unspecified atom stereocenters. The molecule has 0 N–H and O–H groups in total. The molecule has 0 spiro atoms. The summed E-state index contributed by atoms with van der Waals surface area (Å²) in [6, 6.07) is 9.70. The lowest BCUT2D eigenvalue weighted by Crippen LogP contribution is -2.28. The number of rotatable bonds is 6. The Morgan fingerprint density at radius 2 is 1.85 bits per heavy atom. The molecule has 2 aromatic rings. The molecular formula is C19H20N2O5. The molecule has 3 rings (SSSR count). The lowest BCUT2D eigenvalue weighted by atomic mass is 10.1. The fraction of sp³-hybridized carbons (Fsp3) is 0.316. The molecule has 7 nitrogen and oxygen atoms in total. The molecule has 2 aromatic carbocycles. The van der Waals surface area contributed by atoms with Gasteiger partial charge in [-0.25, -0.2) is 0 Å². The summed E-state index contributed by atoms with van der Waals surface area (Å²) in [5.41, 5.74) is 1.96. The van der Waals surface area contributed by atoms with Gasteiger partial charge in [0, 0.05) is 24.2 Å². The second-order valence-corrected chi connectivity index (χ2v) is 5.80. The van der Waals surface area contributed by atoms with Gasteiger partial charge in [0.05, 0.1) is 23.8 Å². The maximum Gasteiger partial charge on any atom is 0.271 e. The van der Waals surface area contributed by atoms with Crippen molar-refractivity contribution in [3.63, 3.8) is 0 Å². The maximum absolute atomic E-state index is 13.0. The van der Waals surface area contributed by atoms with Crippen LogP contribution in [-0.4, -0.2) is 30.6 Å². The molecule has 0 saturated carbocycles. The Kier molecular flexibility index (Phi) is 5.06. The van der Waals surface area contributed by atoms with Gasteiger partial charge in [0.1, 0.15) is 0 Å². The number of anilines is 1. The van der Waals surface area contributed by atoms with E-state index in [9.17, 15) is 14.9 Å². The quantitative estimate of drug-likeness (QED) is 0.583. The molecule has 0 radical (unpaired) electrons. The van der Waals surface area contributed by atoms with Gasteiger partial charge in [-0.05, 0) is 44.0 Å².